The number of rotatable bonds is 4. The maximum absolute atomic E-state index is 5.73. The van der Waals surface area contributed by atoms with Gasteiger partial charge >= 0.3 is 6.92 Å². The van der Waals surface area contributed by atoms with Crippen LogP contribution in [0.5, 0.6) is 0 Å². The molecule has 1 nitrogen and oxygen atoms in total. The molecule has 0 fully saturated rings. The van der Waals surface area contributed by atoms with Crippen molar-refractivity contribution in [3.63, 3.8) is 0 Å². The first kappa shape index (κ1) is 10.8. The third kappa shape index (κ3) is 3.61. The maximum atomic E-state index is 5.73. The van der Waals surface area contributed by atoms with Crippen molar-refractivity contribution in [3.8, 4) is 0 Å². The van der Waals surface area contributed by atoms with E-state index in [9.17, 15) is 0 Å². The molecule has 11 heavy (non-hydrogen) atoms. The van der Waals surface area contributed by atoms with Crippen molar-refractivity contribution in [1.82, 2.24) is 0 Å². The summed E-state index contributed by atoms with van der Waals surface area (Å²) in [5, 5.41) is 0. The van der Waals surface area contributed by atoms with Gasteiger partial charge in [0.25, 0.3) is 0 Å². The van der Waals surface area contributed by atoms with E-state index in [-0.39, 0.29) is 12.5 Å². The molecule has 0 unspecified atom stereocenters. The normalized spacial score (nSPS) is 11.8. The highest BCUT2D eigenvalue weighted by Crippen LogP contribution is 2.21. The lowest BCUT2D eigenvalue weighted by molar-refractivity contribution is 0.0606. The molecular weight excluding hydrogens is 135 g/mol. The average Bonchev–Trinajstić information content (AvgIpc) is 1.86. The Morgan fingerprint density at radius 3 is 2.18 bits per heavy atom. The Morgan fingerprint density at radius 2 is 1.91 bits per heavy atom. The van der Waals surface area contributed by atoms with Crippen LogP contribution in [0.25, 0.3) is 0 Å². The number of hydrogen-bond acceptors (Lipinski definition) is 1. The lowest BCUT2D eigenvalue weighted by Crippen LogP contribution is -2.35. The van der Waals surface area contributed by atoms with Gasteiger partial charge in [0.05, 0.1) is 0 Å². The Hall–Kier alpha value is -0.235. The van der Waals surface area contributed by atoms with Gasteiger partial charge in [-0.1, -0.05) is 26.6 Å². The van der Waals surface area contributed by atoms with E-state index in [0.717, 1.165) is 0 Å². The van der Waals surface area contributed by atoms with E-state index in [1.54, 1.807) is 0 Å². The minimum absolute atomic E-state index is 0.0480. The standard InChI is InChI=1S/C9H19BO/c1-7-10(6)11-9(4,5)8(2)3/h7-8H,1H2,2-6H3. The Balaban J connectivity index is 4.00. The summed E-state index contributed by atoms with van der Waals surface area (Å²) >= 11 is 0. The predicted molar refractivity (Wildman–Crippen MR) is 51.8 cm³/mol. The van der Waals surface area contributed by atoms with Crippen molar-refractivity contribution in [2.75, 3.05) is 0 Å². The second-order valence-electron chi connectivity index (χ2n) is 3.82. The zero-order chi connectivity index (χ0) is 9.07. The van der Waals surface area contributed by atoms with Crippen molar-refractivity contribution in [2.45, 2.75) is 40.1 Å². The van der Waals surface area contributed by atoms with Gasteiger partial charge in [-0.15, -0.1) is 6.58 Å². The molecule has 0 heterocycles. The predicted octanol–water partition coefficient (Wildman–Crippen LogP) is 2.78. The van der Waals surface area contributed by atoms with Crippen molar-refractivity contribution < 1.29 is 4.65 Å². The van der Waals surface area contributed by atoms with Gasteiger partial charge in [0.1, 0.15) is 0 Å². The third-order valence-electron chi connectivity index (χ3n) is 2.21. The second-order valence-corrected chi connectivity index (χ2v) is 3.82. The third-order valence-corrected chi connectivity index (χ3v) is 2.21. The second kappa shape index (κ2) is 3.96. The van der Waals surface area contributed by atoms with E-state index < -0.39 is 0 Å². The van der Waals surface area contributed by atoms with Gasteiger partial charge in [0.15, 0.2) is 0 Å². The monoisotopic (exact) mass is 154 g/mol. The van der Waals surface area contributed by atoms with Crippen LogP contribution in [-0.2, 0) is 4.65 Å². The first-order valence-electron chi connectivity index (χ1n) is 4.20. The van der Waals surface area contributed by atoms with E-state index in [4.69, 9.17) is 4.65 Å². The minimum atomic E-state index is -0.0480. The van der Waals surface area contributed by atoms with Crippen LogP contribution in [0.4, 0.5) is 0 Å². The summed E-state index contributed by atoms with van der Waals surface area (Å²) < 4.78 is 5.73. The summed E-state index contributed by atoms with van der Waals surface area (Å²) in [6.07, 6.45) is 0. The summed E-state index contributed by atoms with van der Waals surface area (Å²) in [7, 11) is 0. The Kier molecular flexibility index (Phi) is 3.87. The van der Waals surface area contributed by atoms with Gasteiger partial charge in [0, 0.05) is 5.60 Å². The van der Waals surface area contributed by atoms with Crippen molar-refractivity contribution >= 4 is 6.92 Å². The molecule has 0 aliphatic carbocycles. The summed E-state index contributed by atoms with van der Waals surface area (Å²) in [5.41, 5.74) is -0.0480. The first-order chi connectivity index (χ1) is 4.90. The molecule has 0 saturated carbocycles. The fourth-order valence-electron chi connectivity index (χ4n) is 0.663. The topological polar surface area (TPSA) is 9.23 Å². The van der Waals surface area contributed by atoms with Gasteiger partial charge in [-0.3, -0.25) is 0 Å². The van der Waals surface area contributed by atoms with Crippen LogP contribution >= 0.6 is 0 Å². The molecule has 0 rings (SSSR count). The Morgan fingerprint density at radius 1 is 1.45 bits per heavy atom. The van der Waals surface area contributed by atoms with Gasteiger partial charge in [-0.05, 0) is 19.8 Å². The average molecular weight is 154 g/mol. The summed E-state index contributed by atoms with van der Waals surface area (Å²) in [5.74, 6) is 2.36. The molecule has 0 saturated heterocycles. The number of hydrogen-bond donors (Lipinski definition) is 0. The molecule has 0 N–H and O–H groups in total. The van der Waals surface area contributed by atoms with E-state index in [1.165, 1.54) is 0 Å². The summed E-state index contributed by atoms with van der Waals surface area (Å²) in [6, 6.07) is 0. The van der Waals surface area contributed by atoms with Crippen LogP contribution in [0.3, 0.4) is 0 Å². The SMILES string of the molecule is C=CB(C)OC(C)(C)C(C)C. The molecule has 0 spiro atoms. The molecular formula is C9H19BO. The van der Waals surface area contributed by atoms with Gasteiger partial charge < -0.3 is 4.65 Å². The van der Waals surface area contributed by atoms with E-state index in [1.807, 2.05) is 12.8 Å². The van der Waals surface area contributed by atoms with Crippen molar-refractivity contribution in [2.24, 2.45) is 5.92 Å². The lowest BCUT2D eigenvalue weighted by Gasteiger charge is -2.31. The first-order valence-corrected chi connectivity index (χ1v) is 4.20. The summed E-state index contributed by atoms with van der Waals surface area (Å²) in [4.78, 5) is 0. The molecule has 0 aliphatic heterocycles. The molecule has 0 aliphatic rings. The van der Waals surface area contributed by atoms with Gasteiger partial charge in [-0.25, -0.2) is 0 Å². The lowest BCUT2D eigenvalue weighted by atomic mass is 9.70. The van der Waals surface area contributed by atoms with Crippen LogP contribution in [0.1, 0.15) is 27.7 Å². The highest BCUT2D eigenvalue weighted by molar-refractivity contribution is 6.56. The molecule has 0 aromatic heterocycles. The molecule has 0 bridgehead atoms. The molecule has 0 amide bonds. The minimum Gasteiger partial charge on any atom is -0.427 e. The van der Waals surface area contributed by atoms with Crippen molar-refractivity contribution in [3.05, 3.63) is 12.6 Å². The molecule has 0 radical (unpaired) electrons. The molecule has 2 heteroatoms. The Bertz CT molecular complexity index is 130. The highest BCUT2D eigenvalue weighted by Gasteiger charge is 2.25. The molecule has 0 aromatic rings. The fraction of sp³-hybridized carbons (Fsp3) is 0.778. The van der Waals surface area contributed by atoms with E-state index >= 15 is 0 Å². The summed E-state index contributed by atoms with van der Waals surface area (Å²) in [6.45, 7) is 14.4. The van der Waals surface area contributed by atoms with E-state index in [2.05, 4.69) is 34.3 Å². The van der Waals surface area contributed by atoms with Crippen LogP contribution < -0.4 is 0 Å². The van der Waals surface area contributed by atoms with Crippen molar-refractivity contribution in [1.29, 1.82) is 0 Å². The smallest absolute Gasteiger partial charge is 0.316 e. The van der Waals surface area contributed by atoms with Crippen LogP contribution in [0, 0.1) is 5.92 Å². The Labute approximate surface area is 70.9 Å². The quantitative estimate of drug-likeness (QED) is 0.565. The molecule has 64 valence electrons. The fourth-order valence-corrected chi connectivity index (χ4v) is 0.663. The van der Waals surface area contributed by atoms with E-state index in [0.29, 0.717) is 5.92 Å². The van der Waals surface area contributed by atoms with Crippen LogP contribution in [-0.4, -0.2) is 12.5 Å². The largest absolute Gasteiger partial charge is 0.427 e. The zero-order valence-electron chi connectivity index (χ0n) is 8.35. The van der Waals surface area contributed by atoms with Gasteiger partial charge in [-0.2, -0.15) is 0 Å². The maximum Gasteiger partial charge on any atom is 0.316 e. The zero-order valence-corrected chi connectivity index (χ0v) is 8.35. The van der Waals surface area contributed by atoms with Crippen LogP contribution in [0.15, 0.2) is 12.6 Å². The molecule has 0 aromatic carbocycles. The molecule has 0 atom stereocenters. The highest BCUT2D eigenvalue weighted by atomic mass is 16.5. The van der Waals surface area contributed by atoms with Crippen LogP contribution in [0.2, 0.25) is 6.82 Å². The van der Waals surface area contributed by atoms with Gasteiger partial charge in [0.2, 0.25) is 0 Å².